The van der Waals surface area contributed by atoms with Crippen LogP contribution in [0, 0.1) is 12.8 Å². The summed E-state index contributed by atoms with van der Waals surface area (Å²) in [7, 11) is 0. The molecule has 3 heterocycles. The summed E-state index contributed by atoms with van der Waals surface area (Å²) in [6, 6.07) is 2.64. The zero-order valence-electron chi connectivity index (χ0n) is 9.75. The first-order valence-electron chi connectivity index (χ1n) is 5.61. The number of anilines is 1. The van der Waals surface area contributed by atoms with Crippen LogP contribution in [-0.2, 0) is 0 Å². The molecule has 3 rings (SSSR count). The van der Waals surface area contributed by atoms with E-state index in [0.717, 1.165) is 24.0 Å². The predicted molar refractivity (Wildman–Crippen MR) is 61.5 cm³/mol. The number of aryl methyl sites for hydroxylation is 1. The third-order valence-electron chi connectivity index (χ3n) is 3.46. The molecule has 1 fully saturated rings. The summed E-state index contributed by atoms with van der Waals surface area (Å²) in [5.74, 6) is 2.53. The number of hydrogen-bond acceptors (Lipinski definition) is 4. The zero-order chi connectivity index (χ0) is 11.3. The standard InChI is InChI=1S/C11H15N5/c1-7-5-15(9(7)3)10-4-8(2)14-11-12-6-13-16(10)11/h4,6-7,9H,5H2,1-3H3. The monoisotopic (exact) mass is 217 g/mol. The highest BCUT2D eigenvalue weighted by molar-refractivity contribution is 5.50. The molecule has 1 aliphatic rings. The summed E-state index contributed by atoms with van der Waals surface area (Å²) < 4.78 is 1.81. The maximum Gasteiger partial charge on any atom is 0.254 e. The molecule has 16 heavy (non-hydrogen) atoms. The Morgan fingerprint density at radius 2 is 2.19 bits per heavy atom. The Balaban J connectivity index is 2.12. The van der Waals surface area contributed by atoms with Gasteiger partial charge in [-0.1, -0.05) is 6.92 Å². The number of nitrogens with zero attached hydrogens (tertiary/aromatic N) is 5. The van der Waals surface area contributed by atoms with Crippen LogP contribution in [-0.4, -0.2) is 32.2 Å². The zero-order valence-corrected chi connectivity index (χ0v) is 9.75. The molecule has 2 aromatic heterocycles. The molecule has 1 saturated heterocycles. The quantitative estimate of drug-likeness (QED) is 0.722. The maximum atomic E-state index is 4.34. The molecular formula is C11H15N5. The van der Waals surface area contributed by atoms with Gasteiger partial charge in [-0.15, -0.1) is 0 Å². The lowest BCUT2D eigenvalue weighted by atomic mass is 9.92. The third-order valence-corrected chi connectivity index (χ3v) is 3.46. The van der Waals surface area contributed by atoms with E-state index in [0.29, 0.717) is 11.8 Å². The van der Waals surface area contributed by atoms with E-state index < -0.39 is 0 Å². The van der Waals surface area contributed by atoms with Crippen LogP contribution in [0.1, 0.15) is 19.5 Å². The van der Waals surface area contributed by atoms with Gasteiger partial charge in [-0.25, -0.2) is 4.98 Å². The molecule has 0 radical (unpaired) electrons. The fourth-order valence-electron chi connectivity index (χ4n) is 2.22. The Morgan fingerprint density at radius 1 is 1.38 bits per heavy atom. The number of rotatable bonds is 1. The molecule has 0 N–H and O–H groups in total. The first-order valence-corrected chi connectivity index (χ1v) is 5.61. The van der Waals surface area contributed by atoms with Crippen LogP contribution >= 0.6 is 0 Å². The van der Waals surface area contributed by atoms with E-state index in [9.17, 15) is 0 Å². The van der Waals surface area contributed by atoms with Crippen molar-refractivity contribution in [1.82, 2.24) is 19.6 Å². The average molecular weight is 217 g/mol. The van der Waals surface area contributed by atoms with Gasteiger partial charge in [0, 0.05) is 24.3 Å². The van der Waals surface area contributed by atoms with Crippen LogP contribution in [0.3, 0.4) is 0 Å². The van der Waals surface area contributed by atoms with E-state index in [-0.39, 0.29) is 0 Å². The number of aromatic nitrogens is 4. The van der Waals surface area contributed by atoms with Crippen molar-refractivity contribution in [2.45, 2.75) is 26.8 Å². The molecule has 2 unspecified atom stereocenters. The van der Waals surface area contributed by atoms with E-state index in [1.54, 1.807) is 6.33 Å². The van der Waals surface area contributed by atoms with Gasteiger partial charge in [0.15, 0.2) is 0 Å². The number of hydrogen-bond donors (Lipinski definition) is 0. The summed E-state index contributed by atoms with van der Waals surface area (Å²) in [6.07, 6.45) is 1.55. The van der Waals surface area contributed by atoms with Gasteiger partial charge in [-0.05, 0) is 19.8 Å². The SMILES string of the molecule is Cc1cc(N2CC(C)C2C)n2ncnc2n1. The highest BCUT2D eigenvalue weighted by Crippen LogP contribution is 2.30. The smallest absolute Gasteiger partial charge is 0.254 e. The highest BCUT2D eigenvalue weighted by atomic mass is 15.4. The van der Waals surface area contributed by atoms with E-state index in [1.165, 1.54) is 0 Å². The molecule has 2 aromatic rings. The van der Waals surface area contributed by atoms with Gasteiger partial charge in [-0.3, -0.25) is 0 Å². The van der Waals surface area contributed by atoms with E-state index in [4.69, 9.17) is 0 Å². The molecule has 5 nitrogen and oxygen atoms in total. The highest BCUT2D eigenvalue weighted by Gasteiger charge is 2.33. The van der Waals surface area contributed by atoms with Crippen LogP contribution in [0.5, 0.6) is 0 Å². The maximum absolute atomic E-state index is 4.34. The summed E-state index contributed by atoms with van der Waals surface area (Å²) in [5, 5.41) is 4.22. The largest absolute Gasteiger partial charge is 0.353 e. The minimum atomic E-state index is 0.564. The molecule has 1 aliphatic heterocycles. The topological polar surface area (TPSA) is 46.3 Å². The fraction of sp³-hybridized carbons (Fsp3) is 0.545. The van der Waals surface area contributed by atoms with Gasteiger partial charge < -0.3 is 4.90 Å². The number of fused-ring (bicyclic) bond motifs is 1. The minimum Gasteiger partial charge on any atom is -0.353 e. The van der Waals surface area contributed by atoms with Gasteiger partial charge in [0.1, 0.15) is 12.1 Å². The Kier molecular flexibility index (Phi) is 1.89. The Hall–Kier alpha value is -1.65. The van der Waals surface area contributed by atoms with Crippen molar-refractivity contribution >= 4 is 11.6 Å². The molecule has 0 aliphatic carbocycles. The predicted octanol–water partition coefficient (Wildman–Crippen LogP) is 1.28. The Morgan fingerprint density at radius 3 is 2.88 bits per heavy atom. The van der Waals surface area contributed by atoms with E-state index in [1.807, 2.05) is 11.4 Å². The lowest BCUT2D eigenvalue weighted by Gasteiger charge is -2.46. The average Bonchev–Trinajstić information content (AvgIpc) is 2.72. The second-order valence-corrected chi connectivity index (χ2v) is 4.60. The molecule has 0 saturated carbocycles. The molecule has 0 aromatic carbocycles. The van der Waals surface area contributed by atoms with Crippen molar-refractivity contribution in [2.75, 3.05) is 11.4 Å². The van der Waals surface area contributed by atoms with Gasteiger partial charge in [0.05, 0.1) is 0 Å². The third kappa shape index (κ3) is 1.20. The van der Waals surface area contributed by atoms with Crippen LogP contribution in [0.2, 0.25) is 0 Å². The lowest BCUT2D eigenvalue weighted by molar-refractivity contribution is 0.335. The summed E-state index contributed by atoms with van der Waals surface area (Å²) in [6.45, 7) is 7.59. The second kappa shape index (κ2) is 3.17. The molecular weight excluding hydrogens is 202 g/mol. The van der Waals surface area contributed by atoms with E-state index >= 15 is 0 Å². The van der Waals surface area contributed by atoms with Gasteiger partial charge >= 0.3 is 0 Å². The molecule has 84 valence electrons. The van der Waals surface area contributed by atoms with Crippen molar-refractivity contribution < 1.29 is 0 Å². The molecule has 0 bridgehead atoms. The van der Waals surface area contributed by atoms with Gasteiger partial charge in [0.25, 0.3) is 5.78 Å². The summed E-state index contributed by atoms with van der Waals surface area (Å²) in [5.41, 5.74) is 0.988. The van der Waals surface area contributed by atoms with Crippen LogP contribution in [0.25, 0.3) is 5.78 Å². The Bertz CT molecular complexity index is 532. The minimum absolute atomic E-state index is 0.564. The molecule has 0 amide bonds. The van der Waals surface area contributed by atoms with Crippen molar-refractivity contribution in [1.29, 1.82) is 0 Å². The molecule has 0 spiro atoms. The van der Waals surface area contributed by atoms with Crippen molar-refractivity contribution in [3.05, 3.63) is 18.1 Å². The summed E-state index contributed by atoms with van der Waals surface area (Å²) >= 11 is 0. The lowest BCUT2D eigenvalue weighted by Crippen LogP contribution is -2.54. The Labute approximate surface area is 94.1 Å². The van der Waals surface area contributed by atoms with Gasteiger partial charge in [0.2, 0.25) is 0 Å². The van der Waals surface area contributed by atoms with Gasteiger partial charge in [-0.2, -0.15) is 14.6 Å². The van der Waals surface area contributed by atoms with Crippen molar-refractivity contribution in [3.63, 3.8) is 0 Å². The summed E-state index contributed by atoms with van der Waals surface area (Å²) in [4.78, 5) is 10.8. The first-order chi connectivity index (χ1) is 7.66. The van der Waals surface area contributed by atoms with Crippen LogP contribution in [0.4, 0.5) is 5.82 Å². The van der Waals surface area contributed by atoms with Crippen molar-refractivity contribution in [3.8, 4) is 0 Å². The van der Waals surface area contributed by atoms with Crippen LogP contribution < -0.4 is 4.90 Å². The van der Waals surface area contributed by atoms with Crippen molar-refractivity contribution in [2.24, 2.45) is 5.92 Å². The molecule has 5 heteroatoms. The fourth-order valence-corrected chi connectivity index (χ4v) is 2.22. The molecule has 2 atom stereocenters. The normalized spacial score (nSPS) is 24.8. The van der Waals surface area contributed by atoms with E-state index in [2.05, 4.69) is 39.9 Å². The first kappa shape index (κ1) is 9.57. The second-order valence-electron chi connectivity index (χ2n) is 4.60. The van der Waals surface area contributed by atoms with Crippen LogP contribution in [0.15, 0.2) is 12.4 Å².